The van der Waals surface area contributed by atoms with Gasteiger partial charge in [-0.2, -0.15) is 0 Å². The average Bonchev–Trinajstić information content (AvgIpc) is 2.90. The number of aromatic carboxylic acids is 1. The van der Waals surface area contributed by atoms with Gasteiger partial charge in [-0.25, -0.2) is 4.79 Å². The third-order valence-corrected chi connectivity index (χ3v) is 4.33. The molecule has 110 valence electrons. The first kappa shape index (κ1) is 15.0. The van der Waals surface area contributed by atoms with Gasteiger partial charge < -0.3 is 10.4 Å². The van der Waals surface area contributed by atoms with Crippen LogP contribution in [0.5, 0.6) is 0 Å². The van der Waals surface area contributed by atoms with Crippen molar-refractivity contribution in [2.75, 3.05) is 0 Å². The van der Waals surface area contributed by atoms with Crippen LogP contribution in [-0.4, -0.2) is 17.1 Å². The Balaban J connectivity index is 1.88. The maximum atomic E-state index is 11.0. The SMILES string of the molecule is CCCCC1CCCC1NCc1cccc(C(=O)O)c1. The molecule has 3 heteroatoms. The van der Waals surface area contributed by atoms with Crippen molar-refractivity contribution >= 4 is 5.97 Å². The predicted octanol–water partition coefficient (Wildman–Crippen LogP) is 3.83. The fraction of sp³-hybridized carbons (Fsp3) is 0.588. The molecule has 0 spiro atoms. The van der Waals surface area contributed by atoms with Crippen LogP contribution in [0.1, 0.15) is 61.4 Å². The van der Waals surface area contributed by atoms with E-state index in [9.17, 15) is 4.79 Å². The van der Waals surface area contributed by atoms with Gasteiger partial charge in [-0.3, -0.25) is 0 Å². The lowest BCUT2D eigenvalue weighted by atomic mass is 9.96. The van der Waals surface area contributed by atoms with Crippen molar-refractivity contribution in [3.8, 4) is 0 Å². The normalized spacial score (nSPS) is 22.1. The van der Waals surface area contributed by atoms with Crippen LogP contribution in [-0.2, 0) is 6.54 Å². The van der Waals surface area contributed by atoms with Gasteiger partial charge in [-0.05, 0) is 42.9 Å². The molecular formula is C17H25NO2. The molecule has 3 nitrogen and oxygen atoms in total. The zero-order valence-electron chi connectivity index (χ0n) is 12.3. The summed E-state index contributed by atoms with van der Waals surface area (Å²) in [5, 5.41) is 12.6. The van der Waals surface area contributed by atoms with Crippen LogP contribution < -0.4 is 5.32 Å². The quantitative estimate of drug-likeness (QED) is 0.795. The first-order valence-electron chi connectivity index (χ1n) is 7.76. The van der Waals surface area contributed by atoms with Crippen molar-refractivity contribution in [2.24, 2.45) is 5.92 Å². The molecule has 0 amide bonds. The molecule has 20 heavy (non-hydrogen) atoms. The van der Waals surface area contributed by atoms with Gasteiger partial charge in [0.05, 0.1) is 5.56 Å². The van der Waals surface area contributed by atoms with Crippen LogP contribution in [0.25, 0.3) is 0 Å². The minimum atomic E-state index is -0.853. The van der Waals surface area contributed by atoms with E-state index in [0.717, 1.165) is 18.0 Å². The number of unbranched alkanes of at least 4 members (excludes halogenated alkanes) is 1. The Labute approximate surface area is 121 Å². The summed E-state index contributed by atoms with van der Waals surface area (Å²) in [6.07, 6.45) is 7.83. The summed E-state index contributed by atoms with van der Waals surface area (Å²) in [5.74, 6) is -0.0499. The van der Waals surface area contributed by atoms with E-state index in [1.807, 2.05) is 12.1 Å². The fourth-order valence-electron chi connectivity index (χ4n) is 3.18. The molecule has 2 atom stereocenters. The Morgan fingerprint density at radius 2 is 2.25 bits per heavy atom. The average molecular weight is 275 g/mol. The largest absolute Gasteiger partial charge is 0.478 e. The summed E-state index contributed by atoms with van der Waals surface area (Å²) >= 11 is 0. The van der Waals surface area contributed by atoms with Crippen LogP contribution in [0.3, 0.4) is 0 Å². The molecule has 1 aliphatic carbocycles. The highest BCUT2D eigenvalue weighted by Crippen LogP contribution is 2.30. The second-order valence-electron chi connectivity index (χ2n) is 5.83. The second kappa shape index (κ2) is 7.44. The molecule has 0 heterocycles. The number of hydrogen-bond donors (Lipinski definition) is 2. The van der Waals surface area contributed by atoms with E-state index in [4.69, 9.17) is 5.11 Å². The standard InChI is InChI=1S/C17H25NO2/c1-2-3-7-14-8-5-10-16(14)18-12-13-6-4-9-15(11-13)17(19)20/h4,6,9,11,14,16,18H,2-3,5,7-8,10,12H2,1H3,(H,19,20). The van der Waals surface area contributed by atoms with Gasteiger partial charge in [-0.1, -0.05) is 38.3 Å². The molecule has 1 fully saturated rings. The summed E-state index contributed by atoms with van der Waals surface area (Å²) in [7, 11) is 0. The second-order valence-corrected chi connectivity index (χ2v) is 5.83. The lowest BCUT2D eigenvalue weighted by molar-refractivity contribution is 0.0696. The van der Waals surface area contributed by atoms with Crippen LogP contribution in [0.4, 0.5) is 0 Å². The van der Waals surface area contributed by atoms with E-state index < -0.39 is 5.97 Å². The van der Waals surface area contributed by atoms with Gasteiger partial charge in [-0.15, -0.1) is 0 Å². The molecule has 0 bridgehead atoms. The lowest BCUT2D eigenvalue weighted by Gasteiger charge is -2.21. The Bertz CT molecular complexity index is 444. The van der Waals surface area contributed by atoms with Gasteiger partial charge in [0, 0.05) is 12.6 Å². The van der Waals surface area contributed by atoms with Gasteiger partial charge in [0.1, 0.15) is 0 Å². The topological polar surface area (TPSA) is 49.3 Å². The summed E-state index contributed by atoms with van der Waals surface area (Å²) in [4.78, 5) is 11.0. The molecular weight excluding hydrogens is 250 g/mol. The Kier molecular flexibility index (Phi) is 5.60. The molecule has 1 saturated carbocycles. The monoisotopic (exact) mass is 275 g/mol. The molecule has 0 aliphatic heterocycles. The minimum Gasteiger partial charge on any atom is -0.478 e. The molecule has 2 rings (SSSR count). The first-order chi connectivity index (χ1) is 9.70. The van der Waals surface area contributed by atoms with Crippen molar-refractivity contribution in [3.63, 3.8) is 0 Å². The maximum absolute atomic E-state index is 11.0. The van der Waals surface area contributed by atoms with Crippen molar-refractivity contribution in [1.29, 1.82) is 0 Å². The van der Waals surface area contributed by atoms with Gasteiger partial charge in [0.15, 0.2) is 0 Å². The third-order valence-electron chi connectivity index (χ3n) is 4.33. The smallest absolute Gasteiger partial charge is 0.335 e. The number of carboxylic acids is 1. The summed E-state index contributed by atoms with van der Waals surface area (Å²) in [5.41, 5.74) is 1.43. The molecule has 0 saturated heterocycles. The Morgan fingerprint density at radius 3 is 3.00 bits per heavy atom. The number of nitrogens with one attached hydrogen (secondary N) is 1. The lowest BCUT2D eigenvalue weighted by Crippen LogP contribution is -2.31. The van der Waals surface area contributed by atoms with Crippen molar-refractivity contribution in [2.45, 2.75) is 58.0 Å². The molecule has 0 radical (unpaired) electrons. The van der Waals surface area contributed by atoms with E-state index in [-0.39, 0.29) is 0 Å². The number of benzene rings is 1. The molecule has 1 aromatic carbocycles. The Morgan fingerprint density at radius 1 is 1.40 bits per heavy atom. The number of carboxylic acid groups (broad SMARTS) is 1. The summed E-state index contributed by atoms with van der Waals surface area (Å²) in [6, 6.07) is 7.84. The molecule has 2 N–H and O–H groups in total. The highest BCUT2D eigenvalue weighted by molar-refractivity contribution is 5.87. The number of hydrogen-bond acceptors (Lipinski definition) is 2. The van der Waals surface area contributed by atoms with Crippen LogP contribution in [0.2, 0.25) is 0 Å². The van der Waals surface area contributed by atoms with E-state index >= 15 is 0 Å². The third kappa shape index (κ3) is 4.07. The van der Waals surface area contributed by atoms with Gasteiger partial charge in [0.2, 0.25) is 0 Å². The van der Waals surface area contributed by atoms with Crippen molar-refractivity contribution in [3.05, 3.63) is 35.4 Å². The summed E-state index contributed by atoms with van der Waals surface area (Å²) < 4.78 is 0. The zero-order chi connectivity index (χ0) is 14.4. The number of rotatable bonds is 7. The highest BCUT2D eigenvalue weighted by atomic mass is 16.4. The van der Waals surface area contributed by atoms with Crippen LogP contribution >= 0.6 is 0 Å². The minimum absolute atomic E-state index is 0.373. The molecule has 2 unspecified atom stereocenters. The van der Waals surface area contributed by atoms with Crippen LogP contribution in [0.15, 0.2) is 24.3 Å². The van der Waals surface area contributed by atoms with Crippen molar-refractivity contribution < 1.29 is 9.90 Å². The Hall–Kier alpha value is -1.35. The van der Waals surface area contributed by atoms with E-state index in [1.54, 1.807) is 12.1 Å². The molecule has 0 aromatic heterocycles. The highest BCUT2D eigenvalue weighted by Gasteiger charge is 2.25. The number of carbonyl (C=O) groups is 1. The van der Waals surface area contributed by atoms with E-state index in [1.165, 1.54) is 38.5 Å². The van der Waals surface area contributed by atoms with E-state index in [2.05, 4.69) is 12.2 Å². The van der Waals surface area contributed by atoms with Crippen LogP contribution in [0, 0.1) is 5.92 Å². The fourth-order valence-corrected chi connectivity index (χ4v) is 3.18. The van der Waals surface area contributed by atoms with Gasteiger partial charge in [0.25, 0.3) is 0 Å². The molecule has 1 aliphatic rings. The maximum Gasteiger partial charge on any atom is 0.335 e. The first-order valence-corrected chi connectivity index (χ1v) is 7.76. The zero-order valence-corrected chi connectivity index (χ0v) is 12.3. The van der Waals surface area contributed by atoms with E-state index in [0.29, 0.717) is 11.6 Å². The van der Waals surface area contributed by atoms with Gasteiger partial charge >= 0.3 is 5.97 Å². The predicted molar refractivity (Wildman–Crippen MR) is 80.9 cm³/mol. The molecule has 1 aromatic rings. The van der Waals surface area contributed by atoms with Crippen molar-refractivity contribution in [1.82, 2.24) is 5.32 Å². The summed E-state index contributed by atoms with van der Waals surface area (Å²) in [6.45, 7) is 3.02.